The molecule has 4 unspecified atom stereocenters. The number of β-amino-alcohol motifs (C(OH)–C–C–N with tert-alkyl or cyclic N) is 2. The van der Waals surface area contributed by atoms with Crippen molar-refractivity contribution in [1.29, 1.82) is 5.26 Å². The minimum atomic E-state index is -0.354. The lowest BCUT2D eigenvalue weighted by Crippen LogP contribution is -2.48. The maximum Gasteiger partial charge on any atom is 0.217 e. The second-order valence-corrected chi connectivity index (χ2v) is 25.5. The third kappa shape index (κ3) is 17.2. The monoisotopic (exact) mass is 1230 g/mol. The van der Waals surface area contributed by atoms with Crippen molar-refractivity contribution in [2.45, 2.75) is 121 Å². The highest BCUT2D eigenvalue weighted by Gasteiger charge is 2.24. The molecule has 8 heterocycles. The minimum Gasteiger partial charge on any atom is -0.390 e. The lowest BCUT2D eigenvalue weighted by molar-refractivity contribution is -0.120. The first-order chi connectivity index (χ1) is 43.4. The number of rotatable bonds is 17. The molecule has 17 heteroatoms. The van der Waals surface area contributed by atoms with E-state index in [9.17, 15) is 20.3 Å². The number of morpholine rings is 4. The van der Waals surface area contributed by atoms with E-state index in [1.807, 2.05) is 0 Å². The molecule has 4 fully saturated rings. The lowest BCUT2D eigenvalue weighted by atomic mass is 10.1. The van der Waals surface area contributed by atoms with Crippen LogP contribution in [0.15, 0.2) is 84.9 Å². The fraction of sp³-hybridized carbons (Fsp3) is 0.534. The average Bonchev–Trinajstić information content (AvgIpc) is 1.79. The molecule has 0 aliphatic carbocycles. The van der Waals surface area contributed by atoms with Crippen LogP contribution in [0.2, 0.25) is 0 Å². The van der Waals surface area contributed by atoms with Crippen molar-refractivity contribution < 1.29 is 34.0 Å². The Kier molecular flexibility index (Phi) is 24.4. The van der Waals surface area contributed by atoms with Crippen molar-refractivity contribution in [1.82, 2.24) is 43.2 Å². The van der Waals surface area contributed by atoms with Gasteiger partial charge in [0.1, 0.15) is 0 Å². The second kappa shape index (κ2) is 32.2. The number of amides is 1. The third-order valence-electron chi connectivity index (χ3n) is 19.2. The van der Waals surface area contributed by atoms with Crippen molar-refractivity contribution in [2.24, 2.45) is 5.92 Å². The summed E-state index contributed by atoms with van der Waals surface area (Å²) in [6.45, 7) is 42.7. The predicted octanol–water partition coefficient (Wildman–Crippen LogP) is 9.34. The van der Waals surface area contributed by atoms with E-state index < -0.39 is 0 Å². The number of aromatic nitrogens is 4. The summed E-state index contributed by atoms with van der Waals surface area (Å²) in [6, 6.07) is 32.7. The van der Waals surface area contributed by atoms with Gasteiger partial charge >= 0.3 is 0 Å². The van der Waals surface area contributed by atoms with Gasteiger partial charge in [0.05, 0.1) is 96.2 Å². The SMILES string of the molecule is CC(=O)NC(CN1CCOCC1)Cn1c(C)c(C)c2ccccc21.Cc1c(C)n(CC(C#N)CN2CCOCC2)c2ccccc12.Cc1ccc2c(C)c(C)n(CC(O)CN3CCOCC3)c2c1.Cc1ccc2c(c1)c(C)c(C)n2CC(O)CN1CCOCC1. The number of para-hydroxylation sites is 2. The molecule has 4 aliphatic rings. The van der Waals surface area contributed by atoms with E-state index in [0.29, 0.717) is 26.2 Å². The summed E-state index contributed by atoms with van der Waals surface area (Å²) in [5.41, 5.74) is 17.8. The Morgan fingerprint density at radius 1 is 0.433 bits per heavy atom. The molecule has 0 bridgehead atoms. The molecule has 8 aromatic rings. The average molecular weight is 1230 g/mol. The number of carbonyl (C=O) groups is 1. The number of nitrogens with one attached hydrogen (secondary N) is 1. The number of aliphatic hydroxyl groups excluding tert-OH is 2. The van der Waals surface area contributed by atoms with E-state index in [4.69, 9.17) is 18.9 Å². The summed E-state index contributed by atoms with van der Waals surface area (Å²) in [5, 5.41) is 38.9. The van der Waals surface area contributed by atoms with Gasteiger partial charge < -0.3 is 52.7 Å². The van der Waals surface area contributed by atoms with Crippen molar-refractivity contribution >= 4 is 49.5 Å². The molecule has 1 amide bonds. The number of hydrogen-bond donors (Lipinski definition) is 3. The maximum atomic E-state index is 11.7. The number of aryl methyl sites for hydroxylation is 6. The normalized spacial score (nSPS) is 17.6. The van der Waals surface area contributed by atoms with Gasteiger partial charge in [-0.2, -0.15) is 5.26 Å². The summed E-state index contributed by atoms with van der Waals surface area (Å²) >= 11 is 0. The number of carbonyl (C=O) groups excluding carboxylic acids is 1. The summed E-state index contributed by atoms with van der Waals surface area (Å²) in [4.78, 5) is 21.0. The van der Waals surface area contributed by atoms with Gasteiger partial charge in [0.2, 0.25) is 5.91 Å². The van der Waals surface area contributed by atoms with Crippen molar-refractivity contribution in [3.05, 3.63) is 141 Å². The first-order valence-corrected chi connectivity index (χ1v) is 32.8. The third-order valence-corrected chi connectivity index (χ3v) is 19.2. The van der Waals surface area contributed by atoms with Crippen molar-refractivity contribution in [2.75, 3.05) is 131 Å². The molecule has 4 atom stereocenters. The fourth-order valence-corrected chi connectivity index (χ4v) is 13.6. The first kappa shape index (κ1) is 68.0. The number of nitrogens with zero attached hydrogens (tertiary/aromatic N) is 9. The van der Waals surface area contributed by atoms with E-state index in [1.54, 1.807) is 6.92 Å². The van der Waals surface area contributed by atoms with E-state index in [1.165, 1.54) is 99.8 Å². The van der Waals surface area contributed by atoms with Crippen LogP contribution in [-0.4, -0.2) is 204 Å². The highest BCUT2D eigenvalue weighted by atomic mass is 16.5. The summed E-state index contributed by atoms with van der Waals surface area (Å²) < 4.78 is 30.7. The molecule has 486 valence electrons. The van der Waals surface area contributed by atoms with Crippen LogP contribution in [0.25, 0.3) is 43.6 Å². The standard InChI is InChI=1S/C19H27N3O2.C18H23N3O.2C18H26N2O2/c1-14-15(2)22(19-7-5-4-6-18(14)19)13-17(20-16(3)23)12-21-8-10-24-11-9-21;1-14-15(2)21(18-6-4-3-5-17(14)18)13-16(11-19)12-20-7-9-22-10-8-20;1-13-4-5-18-17(10-13)14(2)15(3)20(18)12-16(21)11-19-6-8-22-9-7-19;1-13-4-5-17-14(2)15(3)20(18(17)10-13)12-16(21)11-19-6-8-22-9-7-19/h4-7,17H,8-13H2,1-3H3,(H,20,23);3-6,16H,7-10,12-13H2,1-2H3;2*4-5,10,16,21H,6-9,11-12H2,1-3H3. The molecule has 17 nitrogen and oxygen atoms in total. The zero-order valence-electron chi connectivity index (χ0n) is 55.8. The molecule has 0 radical (unpaired) electrons. The smallest absolute Gasteiger partial charge is 0.217 e. The number of ether oxygens (including phenoxy) is 4. The molecule has 0 spiro atoms. The van der Waals surface area contributed by atoms with Crippen LogP contribution in [0, 0.1) is 86.5 Å². The Balaban J connectivity index is 0.000000142. The van der Waals surface area contributed by atoms with Gasteiger partial charge in [-0.1, -0.05) is 60.2 Å². The van der Waals surface area contributed by atoms with E-state index >= 15 is 0 Å². The Bertz CT molecular complexity index is 3680. The lowest BCUT2D eigenvalue weighted by Gasteiger charge is -2.31. The summed E-state index contributed by atoms with van der Waals surface area (Å²) in [5.74, 6) is 0.0334. The first-order valence-electron chi connectivity index (χ1n) is 32.8. The van der Waals surface area contributed by atoms with Gasteiger partial charge in [-0.25, -0.2) is 0 Å². The zero-order valence-corrected chi connectivity index (χ0v) is 55.8. The van der Waals surface area contributed by atoms with E-state index in [0.717, 1.165) is 131 Å². The second-order valence-electron chi connectivity index (χ2n) is 25.5. The predicted molar refractivity (Wildman–Crippen MR) is 363 cm³/mol. The van der Waals surface area contributed by atoms with Gasteiger partial charge in [-0.3, -0.25) is 24.4 Å². The van der Waals surface area contributed by atoms with Gasteiger partial charge in [-0.15, -0.1) is 0 Å². The van der Waals surface area contributed by atoms with Crippen LogP contribution in [0.1, 0.15) is 63.1 Å². The molecule has 4 aliphatic heterocycles. The Morgan fingerprint density at radius 2 is 0.789 bits per heavy atom. The van der Waals surface area contributed by atoms with Crippen LogP contribution >= 0.6 is 0 Å². The number of fused-ring (bicyclic) bond motifs is 4. The number of aliphatic hydroxyl groups is 2. The van der Waals surface area contributed by atoms with E-state index in [2.05, 4.69) is 203 Å². The number of nitriles is 1. The molecule has 3 N–H and O–H groups in total. The molecule has 4 aromatic heterocycles. The van der Waals surface area contributed by atoms with Crippen LogP contribution in [-0.2, 0) is 49.9 Å². The minimum absolute atomic E-state index is 0.00649. The van der Waals surface area contributed by atoms with Crippen LogP contribution in [0.4, 0.5) is 0 Å². The number of hydrogen-bond acceptors (Lipinski definition) is 12. The van der Waals surface area contributed by atoms with Crippen molar-refractivity contribution in [3.63, 3.8) is 0 Å². The molecule has 12 rings (SSSR count). The van der Waals surface area contributed by atoms with Crippen LogP contribution in [0.5, 0.6) is 0 Å². The highest BCUT2D eigenvalue weighted by molar-refractivity contribution is 5.88. The van der Waals surface area contributed by atoms with Gasteiger partial charge in [-0.05, 0) is 127 Å². The largest absolute Gasteiger partial charge is 0.390 e. The van der Waals surface area contributed by atoms with Crippen LogP contribution in [0.3, 0.4) is 0 Å². The van der Waals surface area contributed by atoms with Gasteiger partial charge in [0.25, 0.3) is 0 Å². The maximum absolute atomic E-state index is 11.7. The summed E-state index contributed by atoms with van der Waals surface area (Å²) in [6.07, 6.45) is -0.708. The summed E-state index contributed by atoms with van der Waals surface area (Å²) in [7, 11) is 0. The molecule has 0 saturated carbocycles. The Morgan fingerprint density at radius 3 is 1.24 bits per heavy atom. The van der Waals surface area contributed by atoms with Gasteiger partial charge in [0, 0.05) is 165 Å². The highest BCUT2D eigenvalue weighted by Crippen LogP contribution is 2.30. The molecular weight excluding hydrogens is 1130 g/mol. The van der Waals surface area contributed by atoms with E-state index in [-0.39, 0.29) is 30.1 Å². The quantitative estimate of drug-likeness (QED) is 0.0794. The topological polar surface area (TPSA) is 163 Å². The van der Waals surface area contributed by atoms with Gasteiger partial charge in [0.15, 0.2) is 0 Å². The molecule has 4 aromatic carbocycles. The molecular formula is C73H102N10O7. The van der Waals surface area contributed by atoms with Crippen LogP contribution < -0.4 is 5.32 Å². The molecule has 90 heavy (non-hydrogen) atoms. The number of benzene rings is 4. The van der Waals surface area contributed by atoms with Crippen molar-refractivity contribution in [3.8, 4) is 6.07 Å². The fourth-order valence-electron chi connectivity index (χ4n) is 13.6. The molecule has 4 saturated heterocycles. The Hall–Kier alpha value is -6.40. The zero-order chi connectivity index (χ0) is 64.0. The Labute approximate surface area is 534 Å².